The van der Waals surface area contributed by atoms with Crippen molar-refractivity contribution in [2.75, 3.05) is 0 Å². The molecule has 1 saturated carbocycles. The SMILES string of the molecule is CC(C#N)C(=O)C1CCCC1(C)C. The van der Waals surface area contributed by atoms with Crippen LogP contribution in [0.4, 0.5) is 0 Å². The monoisotopic (exact) mass is 179 g/mol. The highest BCUT2D eigenvalue weighted by Crippen LogP contribution is 2.43. The molecule has 1 rings (SSSR count). The number of nitrogens with zero attached hydrogens (tertiary/aromatic N) is 1. The van der Waals surface area contributed by atoms with E-state index in [0.717, 1.165) is 19.3 Å². The van der Waals surface area contributed by atoms with Gasteiger partial charge in [-0.2, -0.15) is 5.26 Å². The third kappa shape index (κ3) is 1.91. The van der Waals surface area contributed by atoms with Gasteiger partial charge in [0, 0.05) is 5.92 Å². The predicted molar refractivity (Wildman–Crippen MR) is 50.9 cm³/mol. The molecule has 0 spiro atoms. The van der Waals surface area contributed by atoms with Crippen LogP contribution in [0.25, 0.3) is 0 Å². The molecule has 0 N–H and O–H groups in total. The van der Waals surface area contributed by atoms with E-state index in [4.69, 9.17) is 5.26 Å². The molecule has 2 unspecified atom stereocenters. The number of hydrogen-bond acceptors (Lipinski definition) is 2. The van der Waals surface area contributed by atoms with Crippen LogP contribution in [0.2, 0.25) is 0 Å². The van der Waals surface area contributed by atoms with Crippen molar-refractivity contribution in [3.8, 4) is 6.07 Å². The Balaban J connectivity index is 2.73. The Morgan fingerprint density at radius 2 is 2.23 bits per heavy atom. The highest BCUT2D eigenvalue weighted by atomic mass is 16.1. The molecule has 1 aliphatic rings. The molecule has 1 aliphatic carbocycles. The van der Waals surface area contributed by atoms with E-state index in [1.807, 2.05) is 6.07 Å². The normalized spacial score (nSPS) is 28.0. The van der Waals surface area contributed by atoms with E-state index >= 15 is 0 Å². The number of carbonyl (C=O) groups is 1. The third-order valence-electron chi connectivity index (χ3n) is 3.22. The maximum absolute atomic E-state index is 11.8. The second-order valence-corrected chi connectivity index (χ2v) is 4.69. The van der Waals surface area contributed by atoms with Gasteiger partial charge in [-0.3, -0.25) is 4.79 Å². The van der Waals surface area contributed by atoms with E-state index in [1.54, 1.807) is 6.92 Å². The lowest BCUT2D eigenvalue weighted by molar-refractivity contribution is -0.127. The number of hydrogen-bond donors (Lipinski definition) is 0. The average Bonchev–Trinajstić information content (AvgIpc) is 2.42. The van der Waals surface area contributed by atoms with Gasteiger partial charge < -0.3 is 0 Å². The number of nitriles is 1. The van der Waals surface area contributed by atoms with Crippen LogP contribution in [0, 0.1) is 28.6 Å². The van der Waals surface area contributed by atoms with E-state index in [-0.39, 0.29) is 17.1 Å². The Kier molecular flexibility index (Phi) is 2.75. The molecule has 0 heterocycles. The van der Waals surface area contributed by atoms with Gasteiger partial charge in [-0.05, 0) is 25.2 Å². The third-order valence-corrected chi connectivity index (χ3v) is 3.22. The summed E-state index contributed by atoms with van der Waals surface area (Å²) >= 11 is 0. The van der Waals surface area contributed by atoms with Crippen LogP contribution in [-0.4, -0.2) is 5.78 Å². The molecular weight excluding hydrogens is 162 g/mol. The molecule has 0 radical (unpaired) electrons. The summed E-state index contributed by atoms with van der Waals surface area (Å²) in [6, 6.07) is 2.03. The topological polar surface area (TPSA) is 40.9 Å². The average molecular weight is 179 g/mol. The molecule has 2 heteroatoms. The summed E-state index contributed by atoms with van der Waals surface area (Å²) in [6.45, 7) is 5.97. The summed E-state index contributed by atoms with van der Waals surface area (Å²) in [5.41, 5.74) is 0.113. The van der Waals surface area contributed by atoms with Crippen molar-refractivity contribution in [3.63, 3.8) is 0 Å². The lowest BCUT2D eigenvalue weighted by Crippen LogP contribution is -2.29. The van der Waals surface area contributed by atoms with Crippen molar-refractivity contribution in [2.45, 2.75) is 40.0 Å². The van der Waals surface area contributed by atoms with Crippen LogP contribution in [0.1, 0.15) is 40.0 Å². The van der Waals surface area contributed by atoms with Crippen molar-refractivity contribution in [2.24, 2.45) is 17.3 Å². The summed E-state index contributed by atoms with van der Waals surface area (Å²) in [5.74, 6) is -0.172. The van der Waals surface area contributed by atoms with Crippen molar-refractivity contribution in [1.82, 2.24) is 0 Å². The number of rotatable bonds is 2. The Labute approximate surface area is 79.9 Å². The molecule has 1 fully saturated rings. The molecule has 0 bridgehead atoms. The molecule has 0 aromatic rings. The summed E-state index contributed by atoms with van der Waals surface area (Å²) in [5, 5.41) is 8.66. The van der Waals surface area contributed by atoms with Crippen molar-refractivity contribution in [3.05, 3.63) is 0 Å². The van der Waals surface area contributed by atoms with Crippen LogP contribution in [-0.2, 0) is 4.79 Å². The molecule has 13 heavy (non-hydrogen) atoms. The fourth-order valence-electron chi connectivity index (χ4n) is 2.22. The predicted octanol–water partition coefficient (Wildman–Crippen LogP) is 2.54. The first-order chi connectivity index (χ1) is 5.99. The van der Waals surface area contributed by atoms with Gasteiger partial charge in [-0.1, -0.05) is 20.3 Å². The Morgan fingerprint density at radius 1 is 1.62 bits per heavy atom. The smallest absolute Gasteiger partial charge is 0.153 e. The maximum Gasteiger partial charge on any atom is 0.153 e. The van der Waals surface area contributed by atoms with E-state index in [1.165, 1.54) is 0 Å². The first kappa shape index (κ1) is 10.2. The second kappa shape index (κ2) is 3.49. The minimum absolute atomic E-state index is 0.113. The molecular formula is C11H17NO. The van der Waals surface area contributed by atoms with E-state index in [0.29, 0.717) is 0 Å². The van der Waals surface area contributed by atoms with Gasteiger partial charge >= 0.3 is 0 Å². The minimum atomic E-state index is -0.428. The highest BCUT2D eigenvalue weighted by molar-refractivity contribution is 5.86. The molecule has 0 aromatic carbocycles. The Hall–Kier alpha value is -0.840. The van der Waals surface area contributed by atoms with Crippen LogP contribution in [0.15, 0.2) is 0 Å². The summed E-state index contributed by atoms with van der Waals surface area (Å²) in [7, 11) is 0. The highest BCUT2D eigenvalue weighted by Gasteiger charge is 2.40. The van der Waals surface area contributed by atoms with Crippen molar-refractivity contribution in [1.29, 1.82) is 5.26 Å². The van der Waals surface area contributed by atoms with Gasteiger partial charge in [0.1, 0.15) is 5.92 Å². The Morgan fingerprint density at radius 3 is 2.62 bits per heavy atom. The molecule has 72 valence electrons. The van der Waals surface area contributed by atoms with Gasteiger partial charge in [0.05, 0.1) is 6.07 Å². The lowest BCUT2D eigenvalue weighted by Gasteiger charge is -2.26. The van der Waals surface area contributed by atoms with Crippen molar-refractivity contribution >= 4 is 5.78 Å². The van der Waals surface area contributed by atoms with E-state index in [9.17, 15) is 4.79 Å². The summed E-state index contributed by atoms with van der Waals surface area (Å²) in [4.78, 5) is 11.8. The fourth-order valence-corrected chi connectivity index (χ4v) is 2.22. The maximum atomic E-state index is 11.8. The van der Waals surface area contributed by atoms with Gasteiger partial charge in [0.25, 0.3) is 0 Å². The molecule has 0 aliphatic heterocycles. The lowest BCUT2D eigenvalue weighted by atomic mass is 9.77. The zero-order chi connectivity index (χ0) is 10.1. The zero-order valence-electron chi connectivity index (χ0n) is 8.63. The van der Waals surface area contributed by atoms with Gasteiger partial charge in [0.15, 0.2) is 5.78 Å². The van der Waals surface area contributed by atoms with Crippen LogP contribution in [0.5, 0.6) is 0 Å². The van der Waals surface area contributed by atoms with Crippen LogP contribution < -0.4 is 0 Å². The van der Waals surface area contributed by atoms with Crippen LogP contribution >= 0.6 is 0 Å². The quantitative estimate of drug-likeness (QED) is 0.653. The molecule has 0 amide bonds. The Bertz CT molecular complexity index is 249. The molecule has 2 nitrogen and oxygen atoms in total. The van der Waals surface area contributed by atoms with Crippen LogP contribution in [0.3, 0.4) is 0 Å². The number of ketones is 1. The minimum Gasteiger partial charge on any atom is -0.298 e. The van der Waals surface area contributed by atoms with Gasteiger partial charge in [0.2, 0.25) is 0 Å². The van der Waals surface area contributed by atoms with E-state index < -0.39 is 5.92 Å². The molecule has 0 saturated heterocycles. The number of Topliss-reactive ketones (excluding diaryl/α,β-unsaturated/α-hetero) is 1. The summed E-state index contributed by atoms with van der Waals surface area (Å²) in [6.07, 6.45) is 3.21. The standard InChI is InChI=1S/C11H17NO/c1-8(7-12)10(13)9-5-4-6-11(9,2)3/h8-9H,4-6H2,1-3H3. The number of carbonyl (C=O) groups excluding carboxylic acids is 1. The summed E-state index contributed by atoms with van der Waals surface area (Å²) < 4.78 is 0. The zero-order valence-corrected chi connectivity index (χ0v) is 8.63. The van der Waals surface area contributed by atoms with Gasteiger partial charge in [-0.25, -0.2) is 0 Å². The van der Waals surface area contributed by atoms with Crippen molar-refractivity contribution < 1.29 is 4.79 Å². The van der Waals surface area contributed by atoms with E-state index in [2.05, 4.69) is 13.8 Å². The van der Waals surface area contributed by atoms with Gasteiger partial charge in [-0.15, -0.1) is 0 Å². The first-order valence-corrected chi connectivity index (χ1v) is 4.92. The second-order valence-electron chi connectivity index (χ2n) is 4.69. The largest absolute Gasteiger partial charge is 0.298 e. The molecule has 0 aromatic heterocycles. The fraction of sp³-hybridized carbons (Fsp3) is 0.818. The molecule has 2 atom stereocenters. The first-order valence-electron chi connectivity index (χ1n) is 4.92.